The molecule has 1 aromatic rings. The summed E-state index contributed by atoms with van der Waals surface area (Å²) >= 11 is 0. The van der Waals surface area contributed by atoms with Crippen LogP contribution in [-0.4, -0.2) is 0 Å². The van der Waals surface area contributed by atoms with Gasteiger partial charge in [0.2, 0.25) is 0 Å². The van der Waals surface area contributed by atoms with Crippen molar-refractivity contribution in [3.8, 4) is 0 Å². The van der Waals surface area contributed by atoms with E-state index in [1.807, 2.05) is 6.92 Å². The number of hydrogen-bond donors (Lipinski definition) is 1. The van der Waals surface area contributed by atoms with Gasteiger partial charge in [0.05, 0.1) is 0 Å². The van der Waals surface area contributed by atoms with Crippen LogP contribution in [0, 0.1) is 13.8 Å². The lowest BCUT2D eigenvalue weighted by molar-refractivity contribution is 0.707. The largest absolute Gasteiger partial charge is 0.324 e. The first-order valence-corrected chi connectivity index (χ1v) is 4.98. The van der Waals surface area contributed by atoms with Gasteiger partial charge in [0, 0.05) is 6.04 Å². The van der Waals surface area contributed by atoms with Gasteiger partial charge < -0.3 is 5.73 Å². The minimum Gasteiger partial charge on any atom is -0.324 e. The normalized spacial score (nSPS) is 12.6. The Morgan fingerprint density at radius 1 is 1.36 bits per heavy atom. The highest BCUT2D eigenvalue weighted by Gasteiger charge is 2.10. The molecule has 0 aromatic heterocycles. The molecule has 0 amide bonds. The molecule has 0 radical (unpaired) electrons. The zero-order valence-corrected chi connectivity index (χ0v) is 9.30. The molecule has 76 valence electrons. The van der Waals surface area contributed by atoms with Crippen LogP contribution >= 0.6 is 0 Å². The average Bonchev–Trinajstić information content (AvgIpc) is 2.01. The third kappa shape index (κ3) is 2.46. The second-order valence-corrected chi connectivity index (χ2v) is 4.07. The van der Waals surface area contributed by atoms with Crippen LogP contribution in [0.1, 0.15) is 36.1 Å². The maximum Gasteiger partial charge on any atom is 0.0337 e. The Kier molecular flexibility index (Phi) is 3.48. The Balaban J connectivity index is 2.99. The van der Waals surface area contributed by atoms with Crippen molar-refractivity contribution in [3.05, 3.63) is 47.0 Å². The van der Waals surface area contributed by atoms with E-state index in [0.717, 1.165) is 12.0 Å². The second kappa shape index (κ2) is 4.43. The van der Waals surface area contributed by atoms with Crippen molar-refractivity contribution in [3.63, 3.8) is 0 Å². The minimum absolute atomic E-state index is 0.0914. The van der Waals surface area contributed by atoms with Crippen molar-refractivity contribution < 1.29 is 0 Å². The molecule has 1 heteroatoms. The quantitative estimate of drug-likeness (QED) is 0.726. The lowest BCUT2D eigenvalue weighted by Crippen LogP contribution is -2.13. The fraction of sp³-hybridized carbons (Fsp3) is 0.385. The van der Waals surface area contributed by atoms with Crippen molar-refractivity contribution in [2.24, 2.45) is 5.73 Å². The molecule has 1 aromatic carbocycles. The molecule has 0 fully saturated rings. The predicted octanol–water partition coefficient (Wildman–Crippen LogP) is 3.27. The van der Waals surface area contributed by atoms with Crippen LogP contribution in [0.15, 0.2) is 30.4 Å². The molecule has 14 heavy (non-hydrogen) atoms. The first kappa shape index (κ1) is 11.0. The summed E-state index contributed by atoms with van der Waals surface area (Å²) in [5, 5.41) is 0. The van der Waals surface area contributed by atoms with Crippen LogP contribution < -0.4 is 5.73 Å². The van der Waals surface area contributed by atoms with Gasteiger partial charge in [0.25, 0.3) is 0 Å². The van der Waals surface area contributed by atoms with E-state index in [1.165, 1.54) is 16.7 Å². The summed E-state index contributed by atoms with van der Waals surface area (Å²) in [4.78, 5) is 0. The lowest BCUT2D eigenvalue weighted by atomic mass is 9.93. The summed E-state index contributed by atoms with van der Waals surface area (Å²) in [5.74, 6) is 0. The second-order valence-electron chi connectivity index (χ2n) is 4.07. The van der Waals surface area contributed by atoms with Gasteiger partial charge in [-0.15, -0.1) is 6.58 Å². The SMILES string of the molecule is C=C(C)C[C@@H](N)c1c(C)cccc1C. The summed E-state index contributed by atoms with van der Waals surface area (Å²) in [6.45, 7) is 10.1. The van der Waals surface area contributed by atoms with Gasteiger partial charge in [-0.2, -0.15) is 0 Å². The van der Waals surface area contributed by atoms with Crippen LogP contribution in [-0.2, 0) is 0 Å². The first-order valence-electron chi connectivity index (χ1n) is 4.98. The fourth-order valence-corrected chi connectivity index (χ4v) is 1.89. The Bertz CT molecular complexity index is 319. The molecule has 0 saturated carbocycles. The molecular formula is C13H19N. The number of aryl methyl sites for hydroxylation is 2. The molecule has 1 rings (SSSR count). The third-order valence-electron chi connectivity index (χ3n) is 2.48. The zero-order valence-electron chi connectivity index (χ0n) is 9.30. The molecule has 1 nitrogen and oxygen atoms in total. The zero-order chi connectivity index (χ0) is 10.7. The Labute approximate surface area is 86.6 Å². The van der Waals surface area contributed by atoms with Crippen molar-refractivity contribution in [2.75, 3.05) is 0 Å². The highest BCUT2D eigenvalue weighted by Crippen LogP contribution is 2.24. The number of rotatable bonds is 3. The molecule has 2 N–H and O–H groups in total. The van der Waals surface area contributed by atoms with E-state index in [0.29, 0.717) is 0 Å². The molecule has 0 aliphatic rings. The van der Waals surface area contributed by atoms with E-state index in [2.05, 4.69) is 38.6 Å². The number of hydrogen-bond acceptors (Lipinski definition) is 1. The Morgan fingerprint density at radius 2 is 1.86 bits per heavy atom. The van der Waals surface area contributed by atoms with E-state index in [4.69, 9.17) is 5.73 Å². The van der Waals surface area contributed by atoms with E-state index in [1.54, 1.807) is 0 Å². The average molecular weight is 189 g/mol. The lowest BCUT2D eigenvalue weighted by Gasteiger charge is -2.17. The third-order valence-corrected chi connectivity index (χ3v) is 2.48. The van der Waals surface area contributed by atoms with Gasteiger partial charge in [-0.05, 0) is 43.9 Å². The molecule has 1 atom stereocenters. The Hall–Kier alpha value is -1.08. The van der Waals surface area contributed by atoms with Crippen molar-refractivity contribution >= 4 is 0 Å². The number of nitrogens with two attached hydrogens (primary N) is 1. The van der Waals surface area contributed by atoms with Crippen LogP contribution in [0.5, 0.6) is 0 Å². The van der Waals surface area contributed by atoms with Gasteiger partial charge in [0.15, 0.2) is 0 Å². The maximum absolute atomic E-state index is 6.14. The maximum atomic E-state index is 6.14. The summed E-state index contributed by atoms with van der Waals surface area (Å²) in [6, 6.07) is 6.39. The molecule has 0 aliphatic heterocycles. The van der Waals surface area contributed by atoms with E-state index < -0.39 is 0 Å². The summed E-state index contributed by atoms with van der Waals surface area (Å²) in [6.07, 6.45) is 0.867. The van der Waals surface area contributed by atoms with E-state index in [-0.39, 0.29) is 6.04 Å². The van der Waals surface area contributed by atoms with Crippen LogP contribution in [0.25, 0.3) is 0 Å². The molecule has 0 aliphatic carbocycles. The van der Waals surface area contributed by atoms with Gasteiger partial charge in [-0.25, -0.2) is 0 Å². The van der Waals surface area contributed by atoms with E-state index in [9.17, 15) is 0 Å². The minimum atomic E-state index is 0.0914. The molecule has 0 bridgehead atoms. The Morgan fingerprint density at radius 3 is 2.29 bits per heavy atom. The van der Waals surface area contributed by atoms with Crippen LogP contribution in [0.3, 0.4) is 0 Å². The van der Waals surface area contributed by atoms with Gasteiger partial charge in [-0.3, -0.25) is 0 Å². The van der Waals surface area contributed by atoms with Crippen molar-refractivity contribution in [1.29, 1.82) is 0 Å². The monoisotopic (exact) mass is 189 g/mol. The van der Waals surface area contributed by atoms with E-state index >= 15 is 0 Å². The van der Waals surface area contributed by atoms with Gasteiger partial charge in [-0.1, -0.05) is 23.8 Å². The predicted molar refractivity (Wildman–Crippen MR) is 62.3 cm³/mol. The van der Waals surface area contributed by atoms with Crippen LogP contribution in [0.4, 0.5) is 0 Å². The van der Waals surface area contributed by atoms with Crippen LogP contribution in [0.2, 0.25) is 0 Å². The fourth-order valence-electron chi connectivity index (χ4n) is 1.89. The summed E-state index contributed by atoms with van der Waals surface area (Å²) in [5.41, 5.74) is 11.1. The van der Waals surface area contributed by atoms with Gasteiger partial charge >= 0.3 is 0 Å². The molecule has 0 unspecified atom stereocenters. The first-order chi connectivity index (χ1) is 6.52. The molecule has 0 spiro atoms. The molecule has 0 heterocycles. The number of benzene rings is 1. The summed E-state index contributed by atoms with van der Waals surface area (Å²) < 4.78 is 0. The van der Waals surface area contributed by atoms with Crippen molar-refractivity contribution in [1.82, 2.24) is 0 Å². The topological polar surface area (TPSA) is 26.0 Å². The van der Waals surface area contributed by atoms with Crippen molar-refractivity contribution in [2.45, 2.75) is 33.2 Å². The van der Waals surface area contributed by atoms with Gasteiger partial charge in [0.1, 0.15) is 0 Å². The standard InChI is InChI=1S/C13H19N/c1-9(2)8-12(14)13-10(3)6-5-7-11(13)4/h5-7,12H,1,8,14H2,2-4H3/t12-/m1/s1. The highest BCUT2D eigenvalue weighted by atomic mass is 14.6. The summed E-state index contributed by atoms with van der Waals surface area (Å²) in [7, 11) is 0. The smallest absolute Gasteiger partial charge is 0.0337 e. The molecular weight excluding hydrogens is 170 g/mol. The molecule has 0 saturated heterocycles. The highest BCUT2D eigenvalue weighted by molar-refractivity contribution is 5.36.